The summed E-state index contributed by atoms with van der Waals surface area (Å²) in [6.07, 6.45) is 1.38. The molecule has 0 bridgehead atoms. The first-order chi connectivity index (χ1) is 9.05. The molecule has 0 aromatic carbocycles. The SMILES string of the molecule is CC(C)c1cc(C2OC(C)(C)C(C)(C)O2)cn(C)c1=O. The molecule has 4 heteroatoms. The van der Waals surface area contributed by atoms with Crippen LogP contribution >= 0.6 is 0 Å². The third-order valence-corrected chi connectivity index (χ3v) is 4.38. The van der Waals surface area contributed by atoms with E-state index in [-0.39, 0.29) is 22.7 Å². The van der Waals surface area contributed by atoms with Crippen molar-refractivity contribution in [2.24, 2.45) is 7.05 Å². The lowest BCUT2D eigenvalue weighted by atomic mass is 9.90. The molecule has 0 spiro atoms. The van der Waals surface area contributed by atoms with E-state index in [1.807, 2.05) is 47.6 Å². The molecule has 2 heterocycles. The largest absolute Gasteiger partial charge is 0.339 e. The minimum Gasteiger partial charge on any atom is -0.339 e. The lowest BCUT2D eigenvalue weighted by Crippen LogP contribution is -2.41. The number of pyridine rings is 1. The second kappa shape index (κ2) is 4.71. The molecule has 1 aliphatic heterocycles. The van der Waals surface area contributed by atoms with Gasteiger partial charge in [0.15, 0.2) is 6.29 Å². The van der Waals surface area contributed by atoms with E-state index in [2.05, 4.69) is 0 Å². The second-order valence-corrected chi connectivity index (χ2v) is 6.89. The van der Waals surface area contributed by atoms with Crippen molar-refractivity contribution in [1.82, 2.24) is 4.57 Å². The Morgan fingerprint density at radius 1 is 1.15 bits per heavy atom. The summed E-state index contributed by atoms with van der Waals surface area (Å²) in [4.78, 5) is 12.1. The fourth-order valence-corrected chi connectivity index (χ4v) is 2.29. The van der Waals surface area contributed by atoms with Crippen LogP contribution in [0.5, 0.6) is 0 Å². The Hall–Kier alpha value is -1.13. The average molecular weight is 279 g/mol. The van der Waals surface area contributed by atoms with Gasteiger partial charge in [-0.3, -0.25) is 4.79 Å². The molecule has 0 N–H and O–H groups in total. The molecule has 1 saturated heterocycles. The number of ether oxygens (including phenoxy) is 2. The van der Waals surface area contributed by atoms with Crippen molar-refractivity contribution in [3.05, 3.63) is 33.7 Å². The number of aryl methyl sites for hydroxylation is 1. The Balaban J connectivity index is 2.44. The maximum Gasteiger partial charge on any atom is 0.253 e. The van der Waals surface area contributed by atoms with Crippen LogP contribution in [0, 0.1) is 0 Å². The van der Waals surface area contributed by atoms with Crippen molar-refractivity contribution in [1.29, 1.82) is 0 Å². The highest BCUT2D eigenvalue weighted by Gasteiger charge is 2.49. The summed E-state index contributed by atoms with van der Waals surface area (Å²) < 4.78 is 13.7. The van der Waals surface area contributed by atoms with Gasteiger partial charge in [0, 0.05) is 24.4 Å². The first kappa shape index (κ1) is 15.3. The molecular formula is C16H25NO3. The van der Waals surface area contributed by atoms with Gasteiger partial charge in [0.05, 0.1) is 11.2 Å². The molecule has 1 aromatic heterocycles. The van der Waals surface area contributed by atoms with Crippen LogP contribution in [0.15, 0.2) is 17.1 Å². The third-order valence-electron chi connectivity index (χ3n) is 4.38. The number of nitrogens with zero attached hydrogens (tertiary/aromatic N) is 1. The van der Waals surface area contributed by atoms with Gasteiger partial charge in [-0.15, -0.1) is 0 Å². The van der Waals surface area contributed by atoms with E-state index in [1.165, 1.54) is 0 Å². The van der Waals surface area contributed by atoms with Crippen LogP contribution < -0.4 is 5.56 Å². The summed E-state index contributed by atoms with van der Waals surface area (Å²) in [6, 6.07) is 1.91. The van der Waals surface area contributed by atoms with E-state index in [1.54, 1.807) is 17.8 Å². The van der Waals surface area contributed by atoms with Crippen molar-refractivity contribution in [3.63, 3.8) is 0 Å². The van der Waals surface area contributed by atoms with E-state index in [0.717, 1.165) is 11.1 Å². The summed E-state index contributed by atoms with van der Waals surface area (Å²) in [5, 5.41) is 0. The number of hydrogen-bond acceptors (Lipinski definition) is 3. The molecule has 112 valence electrons. The van der Waals surface area contributed by atoms with Gasteiger partial charge in [-0.1, -0.05) is 13.8 Å². The van der Waals surface area contributed by atoms with Crippen molar-refractivity contribution in [3.8, 4) is 0 Å². The molecule has 20 heavy (non-hydrogen) atoms. The van der Waals surface area contributed by atoms with Crippen LogP contribution in [0.2, 0.25) is 0 Å². The number of aromatic nitrogens is 1. The predicted molar refractivity (Wildman–Crippen MR) is 78.8 cm³/mol. The first-order valence-electron chi connectivity index (χ1n) is 7.11. The topological polar surface area (TPSA) is 40.5 Å². The highest BCUT2D eigenvalue weighted by Crippen LogP contribution is 2.44. The van der Waals surface area contributed by atoms with Gasteiger partial charge in [-0.25, -0.2) is 0 Å². The van der Waals surface area contributed by atoms with Crippen LogP contribution in [-0.2, 0) is 16.5 Å². The molecule has 4 nitrogen and oxygen atoms in total. The van der Waals surface area contributed by atoms with Gasteiger partial charge in [0.1, 0.15) is 0 Å². The zero-order chi connectivity index (χ0) is 15.3. The van der Waals surface area contributed by atoms with Crippen LogP contribution in [0.1, 0.15) is 64.9 Å². The normalized spacial score (nSPS) is 21.6. The smallest absolute Gasteiger partial charge is 0.253 e. The highest BCUT2D eigenvalue weighted by molar-refractivity contribution is 5.24. The molecule has 0 aliphatic carbocycles. The zero-order valence-electron chi connectivity index (χ0n) is 13.5. The van der Waals surface area contributed by atoms with E-state index < -0.39 is 6.29 Å². The van der Waals surface area contributed by atoms with Crippen LogP contribution in [0.4, 0.5) is 0 Å². The maximum absolute atomic E-state index is 12.1. The van der Waals surface area contributed by atoms with Crippen molar-refractivity contribution < 1.29 is 9.47 Å². The predicted octanol–water partition coefficient (Wildman–Crippen LogP) is 3.11. The quantitative estimate of drug-likeness (QED) is 0.835. The Labute approximate surface area is 120 Å². The summed E-state index contributed by atoms with van der Waals surface area (Å²) in [5.74, 6) is 0.177. The summed E-state index contributed by atoms with van der Waals surface area (Å²) >= 11 is 0. The molecular weight excluding hydrogens is 254 g/mol. The fourth-order valence-electron chi connectivity index (χ4n) is 2.29. The average Bonchev–Trinajstić information content (AvgIpc) is 2.51. The molecule has 1 fully saturated rings. The van der Waals surface area contributed by atoms with Crippen molar-refractivity contribution in [2.45, 2.75) is 65.0 Å². The molecule has 1 aromatic rings. The molecule has 0 amide bonds. The monoisotopic (exact) mass is 279 g/mol. The maximum atomic E-state index is 12.1. The van der Waals surface area contributed by atoms with Gasteiger partial charge < -0.3 is 14.0 Å². The van der Waals surface area contributed by atoms with Crippen LogP contribution in [0.3, 0.4) is 0 Å². The van der Waals surface area contributed by atoms with Gasteiger partial charge in [-0.2, -0.15) is 0 Å². The highest BCUT2D eigenvalue weighted by atomic mass is 16.7. The number of hydrogen-bond donors (Lipinski definition) is 0. The molecule has 0 unspecified atom stereocenters. The number of rotatable bonds is 2. The molecule has 0 atom stereocenters. The minimum atomic E-state index is -0.427. The molecule has 2 rings (SSSR count). The summed E-state index contributed by atoms with van der Waals surface area (Å²) in [7, 11) is 1.77. The van der Waals surface area contributed by atoms with E-state index in [0.29, 0.717) is 0 Å². The van der Waals surface area contributed by atoms with Gasteiger partial charge in [-0.05, 0) is 39.7 Å². The fraction of sp³-hybridized carbons (Fsp3) is 0.688. The van der Waals surface area contributed by atoms with Crippen LogP contribution in [-0.4, -0.2) is 15.8 Å². The molecule has 0 radical (unpaired) electrons. The van der Waals surface area contributed by atoms with Gasteiger partial charge in [0.25, 0.3) is 5.56 Å². The minimum absolute atomic E-state index is 0.0419. The molecule has 0 saturated carbocycles. The third kappa shape index (κ3) is 2.42. The van der Waals surface area contributed by atoms with E-state index in [9.17, 15) is 4.79 Å². The Kier molecular flexibility index (Phi) is 3.59. The zero-order valence-corrected chi connectivity index (χ0v) is 13.5. The second-order valence-electron chi connectivity index (χ2n) is 6.89. The summed E-state index contributed by atoms with van der Waals surface area (Å²) in [6.45, 7) is 12.1. The Bertz CT molecular complexity index is 554. The van der Waals surface area contributed by atoms with Gasteiger partial charge >= 0.3 is 0 Å². The van der Waals surface area contributed by atoms with E-state index >= 15 is 0 Å². The Morgan fingerprint density at radius 2 is 1.65 bits per heavy atom. The lowest BCUT2D eigenvalue weighted by molar-refractivity contribution is -0.0899. The van der Waals surface area contributed by atoms with Gasteiger partial charge in [0.2, 0.25) is 0 Å². The van der Waals surface area contributed by atoms with Crippen LogP contribution in [0.25, 0.3) is 0 Å². The Morgan fingerprint density at radius 3 is 2.10 bits per heavy atom. The van der Waals surface area contributed by atoms with Crippen molar-refractivity contribution >= 4 is 0 Å². The standard InChI is InChI=1S/C16H25NO3/c1-10(2)12-8-11(9-17(7)13(12)18)14-19-15(3,4)16(5,6)20-14/h8-10,14H,1-7H3. The summed E-state index contributed by atoms with van der Waals surface area (Å²) in [5.41, 5.74) is 0.990. The van der Waals surface area contributed by atoms with E-state index in [4.69, 9.17) is 9.47 Å². The van der Waals surface area contributed by atoms with Crippen molar-refractivity contribution in [2.75, 3.05) is 0 Å². The molecule has 1 aliphatic rings. The first-order valence-corrected chi connectivity index (χ1v) is 7.11. The lowest BCUT2D eigenvalue weighted by Gasteiger charge is -2.30.